The summed E-state index contributed by atoms with van der Waals surface area (Å²) in [4.78, 5) is 12.5. The molecule has 7 nitrogen and oxygen atoms in total. The van der Waals surface area contributed by atoms with E-state index in [9.17, 15) is 4.79 Å². The van der Waals surface area contributed by atoms with Crippen molar-refractivity contribution in [2.45, 2.75) is 12.6 Å². The van der Waals surface area contributed by atoms with E-state index in [2.05, 4.69) is 10.4 Å². The zero-order valence-electron chi connectivity index (χ0n) is 17.4. The third-order valence-electron chi connectivity index (χ3n) is 5.17. The number of amides is 1. The number of rotatable bonds is 7. The maximum atomic E-state index is 12.5. The number of ether oxygens (including phenoxy) is 3. The molecule has 1 N–H and O–H groups in total. The van der Waals surface area contributed by atoms with Gasteiger partial charge >= 0.3 is 0 Å². The molecule has 1 aliphatic rings. The van der Waals surface area contributed by atoms with E-state index in [0.717, 1.165) is 28.2 Å². The smallest absolute Gasteiger partial charge is 0.251 e. The van der Waals surface area contributed by atoms with Crippen molar-refractivity contribution in [1.29, 1.82) is 0 Å². The lowest BCUT2D eigenvalue weighted by molar-refractivity contribution is 0.0760. The predicted molar refractivity (Wildman–Crippen MR) is 120 cm³/mol. The molecule has 0 bridgehead atoms. The van der Waals surface area contributed by atoms with E-state index < -0.39 is 0 Å². The number of hydrogen-bond acceptors (Lipinski definition) is 5. The van der Waals surface area contributed by atoms with Crippen molar-refractivity contribution < 1.29 is 19.0 Å². The number of hydrogen-bond donors (Lipinski definition) is 1. The van der Waals surface area contributed by atoms with Crippen LogP contribution in [0.5, 0.6) is 17.2 Å². The minimum Gasteiger partial charge on any atom is -0.492 e. The molecule has 1 atom stereocenters. The molecule has 5 rings (SSSR count). The quantitative estimate of drug-likeness (QED) is 0.454. The zero-order chi connectivity index (χ0) is 21.8. The van der Waals surface area contributed by atoms with Crippen LogP contribution in [0.1, 0.15) is 10.4 Å². The molecule has 162 valence electrons. The van der Waals surface area contributed by atoms with Gasteiger partial charge in [-0.25, -0.2) is 0 Å². The maximum absolute atomic E-state index is 12.5. The molecule has 0 radical (unpaired) electrons. The van der Waals surface area contributed by atoms with Crippen LogP contribution in [0.15, 0.2) is 79.0 Å². The minimum absolute atomic E-state index is 0.133. The van der Waals surface area contributed by atoms with Crippen LogP contribution >= 0.6 is 0 Å². The van der Waals surface area contributed by atoms with Gasteiger partial charge in [0.25, 0.3) is 5.91 Å². The molecular formula is C25H23N3O4. The number of nitrogens with zero attached hydrogens (tertiary/aromatic N) is 2. The van der Waals surface area contributed by atoms with Gasteiger partial charge in [0.05, 0.1) is 18.6 Å². The average molecular weight is 429 g/mol. The standard InChI is InChI=1S/C25H23N3O4/c29-25(26-12-13-30-20-6-2-1-3-7-20)18-10-11-22-19(14-18)15-28(27-22)16-21-17-31-23-8-4-5-9-24(23)32-21/h1-11,14-15,21H,12-13,16-17H2,(H,26,29). The van der Waals surface area contributed by atoms with Gasteiger partial charge < -0.3 is 19.5 Å². The molecule has 0 fully saturated rings. The number of benzene rings is 3. The predicted octanol–water partition coefficient (Wildman–Crippen LogP) is 3.69. The first-order valence-corrected chi connectivity index (χ1v) is 10.6. The Kier molecular flexibility index (Phi) is 5.61. The van der Waals surface area contributed by atoms with Crippen molar-refractivity contribution in [3.63, 3.8) is 0 Å². The molecule has 0 spiro atoms. The number of aromatic nitrogens is 2. The van der Waals surface area contributed by atoms with Crippen LogP contribution in [-0.2, 0) is 6.54 Å². The number of fused-ring (bicyclic) bond motifs is 2. The van der Waals surface area contributed by atoms with E-state index in [4.69, 9.17) is 14.2 Å². The van der Waals surface area contributed by atoms with Gasteiger partial charge in [-0.2, -0.15) is 5.10 Å². The van der Waals surface area contributed by atoms with Crippen molar-refractivity contribution in [2.75, 3.05) is 19.8 Å². The molecule has 1 aromatic heterocycles. The highest BCUT2D eigenvalue weighted by Gasteiger charge is 2.21. The third-order valence-corrected chi connectivity index (χ3v) is 5.17. The van der Waals surface area contributed by atoms with Crippen LogP contribution < -0.4 is 19.5 Å². The maximum Gasteiger partial charge on any atom is 0.251 e. The van der Waals surface area contributed by atoms with Crippen molar-refractivity contribution in [3.05, 3.63) is 84.6 Å². The first-order valence-electron chi connectivity index (χ1n) is 10.6. The van der Waals surface area contributed by atoms with Crippen molar-refractivity contribution in [1.82, 2.24) is 15.1 Å². The SMILES string of the molecule is O=C(NCCOc1ccccc1)c1ccc2nn(CC3COc4ccccc4O3)cc2c1. The van der Waals surface area contributed by atoms with E-state index in [1.807, 2.05) is 77.6 Å². The fourth-order valence-electron chi connectivity index (χ4n) is 3.63. The third kappa shape index (κ3) is 4.51. The molecular weight excluding hydrogens is 406 g/mol. The Balaban J connectivity index is 1.18. The van der Waals surface area contributed by atoms with Gasteiger partial charge in [0.15, 0.2) is 17.6 Å². The lowest BCUT2D eigenvalue weighted by Crippen LogP contribution is -2.33. The Labute approximate surface area is 185 Å². The molecule has 3 aromatic carbocycles. The van der Waals surface area contributed by atoms with Crippen LogP contribution in [0.3, 0.4) is 0 Å². The summed E-state index contributed by atoms with van der Waals surface area (Å²) in [6.07, 6.45) is 1.79. The monoisotopic (exact) mass is 429 g/mol. The molecule has 1 aliphatic heterocycles. The molecule has 1 amide bonds. The van der Waals surface area contributed by atoms with E-state index >= 15 is 0 Å². The van der Waals surface area contributed by atoms with Gasteiger partial charge in [-0.15, -0.1) is 0 Å². The highest BCUT2D eigenvalue weighted by atomic mass is 16.6. The first kappa shape index (κ1) is 19.9. The van der Waals surface area contributed by atoms with E-state index in [0.29, 0.717) is 31.9 Å². The second kappa shape index (κ2) is 9.01. The first-order chi connectivity index (χ1) is 15.7. The zero-order valence-corrected chi connectivity index (χ0v) is 17.4. The van der Waals surface area contributed by atoms with Crippen molar-refractivity contribution in [2.24, 2.45) is 0 Å². The van der Waals surface area contributed by atoms with Crippen molar-refractivity contribution >= 4 is 16.8 Å². The number of nitrogens with one attached hydrogen (secondary N) is 1. The van der Waals surface area contributed by atoms with Gasteiger partial charge in [-0.3, -0.25) is 9.48 Å². The number of carbonyl (C=O) groups is 1. The second-order valence-electron chi connectivity index (χ2n) is 7.54. The van der Waals surface area contributed by atoms with E-state index in [1.54, 1.807) is 6.07 Å². The van der Waals surface area contributed by atoms with Gasteiger partial charge in [-0.1, -0.05) is 30.3 Å². The summed E-state index contributed by atoms with van der Waals surface area (Å²) in [6, 6.07) is 22.7. The topological polar surface area (TPSA) is 74.6 Å². The van der Waals surface area contributed by atoms with Crippen LogP contribution in [0.2, 0.25) is 0 Å². The molecule has 4 aromatic rings. The van der Waals surface area contributed by atoms with E-state index in [1.165, 1.54) is 0 Å². The van der Waals surface area contributed by atoms with Gasteiger partial charge in [0.2, 0.25) is 0 Å². The van der Waals surface area contributed by atoms with Gasteiger partial charge in [-0.05, 0) is 42.5 Å². The lowest BCUT2D eigenvalue weighted by Gasteiger charge is -2.26. The van der Waals surface area contributed by atoms with Crippen molar-refractivity contribution in [3.8, 4) is 17.2 Å². The molecule has 1 unspecified atom stereocenters. The van der Waals surface area contributed by atoms with Gasteiger partial charge in [0.1, 0.15) is 19.0 Å². The van der Waals surface area contributed by atoms with Crippen LogP contribution in [0.25, 0.3) is 10.9 Å². The highest BCUT2D eigenvalue weighted by molar-refractivity contribution is 5.97. The normalized spacial score (nSPS) is 14.8. The molecule has 2 heterocycles. The minimum atomic E-state index is -0.142. The summed E-state index contributed by atoms with van der Waals surface area (Å²) in [6.45, 7) is 1.85. The molecule has 0 saturated carbocycles. The summed E-state index contributed by atoms with van der Waals surface area (Å²) in [5.74, 6) is 2.15. The number of para-hydroxylation sites is 3. The largest absolute Gasteiger partial charge is 0.492 e. The van der Waals surface area contributed by atoms with Crippen LogP contribution in [0, 0.1) is 0 Å². The summed E-state index contributed by atoms with van der Waals surface area (Å²) < 4.78 is 19.2. The Morgan fingerprint density at radius 3 is 2.75 bits per heavy atom. The Morgan fingerprint density at radius 2 is 1.88 bits per heavy atom. The molecule has 0 aliphatic carbocycles. The molecule has 0 saturated heterocycles. The summed E-state index contributed by atoms with van der Waals surface area (Å²) in [7, 11) is 0. The van der Waals surface area contributed by atoms with Crippen LogP contribution in [0.4, 0.5) is 0 Å². The average Bonchev–Trinajstić information content (AvgIpc) is 3.23. The summed E-state index contributed by atoms with van der Waals surface area (Å²) in [5, 5.41) is 8.39. The Morgan fingerprint density at radius 1 is 1.06 bits per heavy atom. The Hall–Kier alpha value is -4.00. The lowest BCUT2D eigenvalue weighted by atomic mass is 10.1. The number of carbonyl (C=O) groups excluding carboxylic acids is 1. The molecule has 32 heavy (non-hydrogen) atoms. The highest BCUT2D eigenvalue weighted by Crippen LogP contribution is 2.31. The summed E-state index contributed by atoms with van der Waals surface area (Å²) >= 11 is 0. The van der Waals surface area contributed by atoms with Gasteiger partial charge in [0, 0.05) is 17.1 Å². The summed E-state index contributed by atoms with van der Waals surface area (Å²) in [5.41, 5.74) is 1.41. The van der Waals surface area contributed by atoms with E-state index in [-0.39, 0.29) is 12.0 Å². The molecule has 7 heteroatoms. The Bertz CT molecular complexity index is 1220. The fourth-order valence-corrected chi connectivity index (χ4v) is 3.63. The second-order valence-corrected chi connectivity index (χ2v) is 7.54. The fraction of sp³-hybridized carbons (Fsp3) is 0.200. The van der Waals surface area contributed by atoms with Crippen LogP contribution in [-0.4, -0.2) is 41.6 Å².